The van der Waals surface area contributed by atoms with Crippen LogP contribution in [0.1, 0.15) is 34.4 Å². The Labute approximate surface area is 176 Å². The predicted molar refractivity (Wildman–Crippen MR) is 112 cm³/mol. The van der Waals surface area contributed by atoms with Crippen molar-refractivity contribution >= 4 is 15.7 Å². The van der Waals surface area contributed by atoms with Crippen LogP contribution < -0.4 is 4.74 Å². The van der Waals surface area contributed by atoms with Gasteiger partial charge in [-0.3, -0.25) is 4.79 Å². The number of rotatable bonds is 6. The third-order valence-electron chi connectivity index (χ3n) is 5.10. The standard InChI is InChI=1S/C23H23NO5S/c1-2-28-19-9-8-17-12-13-24(15-18(17)14-19)23(25)22-11-10-20(29-22)16-30(26,27)21-6-4-3-5-7-21/h3-11,14H,2,12-13,15-16H2,1H3. The van der Waals surface area contributed by atoms with Crippen LogP contribution in [0.5, 0.6) is 5.75 Å². The monoisotopic (exact) mass is 425 g/mol. The van der Waals surface area contributed by atoms with Gasteiger partial charge in [0.1, 0.15) is 17.3 Å². The molecular formula is C23H23NO5S. The number of benzene rings is 2. The van der Waals surface area contributed by atoms with Gasteiger partial charge in [0.15, 0.2) is 15.6 Å². The summed E-state index contributed by atoms with van der Waals surface area (Å²) >= 11 is 0. The summed E-state index contributed by atoms with van der Waals surface area (Å²) in [7, 11) is -3.53. The van der Waals surface area contributed by atoms with Crippen LogP contribution >= 0.6 is 0 Å². The first-order valence-corrected chi connectivity index (χ1v) is 11.5. The lowest BCUT2D eigenvalue weighted by Crippen LogP contribution is -2.35. The van der Waals surface area contributed by atoms with Crippen LogP contribution in [0.2, 0.25) is 0 Å². The number of nitrogens with zero attached hydrogens (tertiary/aromatic N) is 1. The smallest absolute Gasteiger partial charge is 0.289 e. The molecule has 1 aromatic heterocycles. The molecule has 0 N–H and O–H groups in total. The average Bonchev–Trinajstić information content (AvgIpc) is 3.21. The summed E-state index contributed by atoms with van der Waals surface area (Å²) in [5.74, 6) is 0.656. The lowest BCUT2D eigenvalue weighted by molar-refractivity contribution is 0.0700. The summed E-state index contributed by atoms with van der Waals surface area (Å²) in [5.41, 5.74) is 2.26. The zero-order valence-corrected chi connectivity index (χ0v) is 17.5. The number of ether oxygens (including phenoxy) is 1. The number of amides is 1. The van der Waals surface area contributed by atoms with Crippen LogP contribution in [0.4, 0.5) is 0 Å². The van der Waals surface area contributed by atoms with Gasteiger partial charge in [-0.05, 0) is 60.9 Å². The van der Waals surface area contributed by atoms with E-state index in [0.29, 0.717) is 19.7 Å². The number of hydrogen-bond acceptors (Lipinski definition) is 5. The van der Waals surface area contributed by atoms with Crippen LogP contribution in [0.3, 0.4) is 0 Å². The van der Waals surface area contributed by atoms with Gasteiger partial charge in [0, 0.05) is 13.1 Å². The fourth-order valence-electron chi connectivity index (χ4n) is 3.59. The number of carbonyl (C=O) groups excluding carboxylic acids is 1. The van der Waals surface area contributed by atoms with Crippen LogP contribution in [-0.2, 0) is 28.6 Å². The highest BCUT2D eigenvalue weighted by atomic mass is 32.2. The second kappa shape index (κ2) is 8.36. The third kappa shape index (κ3) is 4.26. The first kappa shape index (κ1) is 20.2. The number of fused-ring (bicyclic) bond motifs is 1. The molecule has 0 atom stereocenters. The number of hydrogen-bond donors (Lipinski definition) is 0. The zero-order chi connectivity index (χ0) is 21.1. The first-order valence-electron chi connectivity index (χ1n) is 9.86. The highest BCUT2D eigenvalue weighted by Crippen LogP contribution is 2.26. The molecule has 0 radical (unpaired) electrons. The Bertz CT molecular complexity index is 1150. The van der Waals surface area contributed by atoms with Gasteiger partial charge in [-0.25, -0.2) is 8.42 Å². The molecule has 0 spiro atoms. The van der Waals surface area contributed by atoms with Gasteiger partial charge in [-0.2, -0.15) is 0 Å². The van der Waals surface area contributed by atoms with Crippen molar-refractivity contribution in [1.29, 1.82) is 0 Å². The van der Waals surface area contributed by atoms with Gasteiger partial charge in [0.05, 0.1) is 11.5 Å². The van der Waals surface area contributed by atoms with Gasteiger partial charge in [0.25, 0.3) is 5.91 Å². The molecule has 4 rings (SSSR count). The van der Waals surface area contributed by atoms with E-state index in [1.54, 1.807) is 47.4 Å². The molecule has 0 saturated heterocycles. The Morgan fingerprint density at radius 2 is 1.87 bits per heavy atom. The van der Waals surface area contributed by atoms with Crippen LogP contribution in [0, 0.1) is 0 Å². The normalized spacial score (nSPS) is 13.7. The summed E-state index contributed by atoms with van der Waals surface area (Å²) in [6.45, 7) is 3.57. The van der Waals surface area contributed by atoms with E-state index in [-0.39, 0.29) is 28.1 Å². The highest BCUT2D eigenvalue weighted by molar-refractivity contribution is 7.90. The number of sulfone groups is 1. The van der Waals surface area contributed by atoms with Crippen molar-refractivity contribution in [3.8, 4) is 5.75 Å². The van der Waals surface area contributed by atoms with E-state index in [1.807, 2.05) is 25.1 Å². The minimum atomic E-state index is -3.53. The predicted octanol–water partition coefficient (Wildman–Crippen LogP) is 3.85. The lowest BCUT2D eigenvalue weighted by atomic mass is 9.99. The van der Waals surface area contributed by atoms with Gasteiger partial charge >= 0.3 is 0 Å². The minimum absolute atomic E-state index is 0.151. The Kier molecular flexibility index (Phi) is 5.63. The fraction of sp³-hybridized carbons (Fsp3) is 0.261. The topological polar surface area (TPSA) is 76.8 Å². The van der Waals surface area contributed by atoms with Crippen molar-refractivity contribution in [3.05, 3.63) is 83.3 Å². The van der Waals surface area contributed by atoms with Crippen molar-refractivity contribution in [2.45, 2.75) is 30.5 Å². The Morgan fingerprint density at radius 1 is 1.07 bits per heavy atom. The zero-order valence-electron chi connectivity index (χ0n) is 16.7. The first-order chi connectivity index (χ1) is 14.5. The molecule has 1 aliphatic heterocycles. The summed E-state index contributed by atoms with van der Waals surface area (Å²) in [6.07, 6.45) is 0.753. The van der Waals surface area contributed by atoms with E-state index in [2.05, 4.69) is 0 Å². The van der Waals surface area contributed by atoms with Crippen molar-refractivity contribution in [2.75, 3.05) is 13.2 Å². The SMILES string of the molecule is CCOc1ccc2c(c1)CN(C(=O)c1ccc(CS(=O)(=O)c3ccccc3)o1)CC2. The third-order valence-corrected chi connectivity index (χ3v) is 6.75. The molecular weight excluding hydrogens is 402 g/mol. The Hall–Kier alpha value is -3.06. The van der Waals surface area contributed by atoms with E-state index in [0.717, 1.165) is 17.7 Å². The van der Waals surface area contributed by atoms with Crippen molar-refractivity contribution < 1.29 is 22.4 Å². The Balaban J connectivity index is 1.48. The quantitative estimate of drug-likeness (QED) is 0.600. The van der Waals surface area contributed by atoms with Crippen LogP contribution in [-0.4, -0.2) is 32.4 Å². The number of carbonyl (C=O) groups is 1. The molecule has 30 heavy (non-hydrogen) atoms. The lowest BCUT2D eigenvalue weighted by Gasteiger charge is -2.28. The van der Waals surface area contributed by atoms with Gasteiger partial charge < -0.3 is 14.1 Å². The van der Waals surface area contributed by atoms with Crippen molar-refractivity contribution in [2.24, 2.45) is 0 Å². The highest BCUT2D eigenvalue weighted by Gasteiger charge is 2.25. The summed E-state index contributed by atoms with van der Waals surface area (Å²) in [6, 6.07) is 17.3. The minimum Gasteiger partial charge on any atom is -0.494 e. The number of furan rings is 1. The maximum Gasteiger partial charge on any atom is 0.289 e. The molecule has 0 aliphatic carbocycles. The molecule has 1 amide bonds. The van der Waals surface area contributed by atoms with Gasteiger partial charge in [-0.15, -0.1) is 0 Å². The molecule has 156 valence electrons. The van der Waals surface area contributed by atoms with E-state index < -0.39 is 9.84 Å². The van der Waals surface area contributed by atoms with Crippen molar-refractivity contribution in [3.63, 3.8) is 0 Å². The summed E-state index contributed by atoms with van der Waals surface area (Å²) in [5, 5.41) is 0. The molecule has 6 nitrogen and oxygen atoms in total. The van der Waals surface area contributed by atoms with Gasteiger partial charge in [-0.1, -0.05) is 24.3 Å². The molecule has 3 aromatic rings. The fourth-order valence-corrected chi connectivity index (χ4v) is 4.86. The van der Waals surface area contributed by atoms with Gasteiger partial charge in [0.2, 0.25) is 0 Å². The summed E-state index contributed by atoms with van der Waals surface area (Å²) < 4.78 is 36.2. The largest absolute Gasteiger partial charge is 0.494 e. The van der Waals surface area contributed by atoms with E-state index in [9.17, 15) is 13.2 Å². The Morgan fingerprint density at radius 3 is 2.63 bits per heavy atom. The molecule has 2 heterocycles. The maximum atomic E-state index is 12.9. The van der Waals surface area contributed by atoms with E-state index in [1.165, 1.54) is 5.56 Å². The molecule has 2 aromatic carbocycles. The molecule has 7 heteroatoms. The second-order valence-corrected chi connectivity index (χ2v) is 9.17. The summed E-state index contributed by atoms with van der Waals surface area (Å²) in [4.78, 5) is 14.9. The van der Waals surface area contributed by atoms with E-state index in [4.69, 9.17) is 9.15 Å². The van der Waals surface area contributed by atoms with E-state index >= 15 is 0 Å². The maximum absolute atomic E-state index is 12.9. The average molecular weight is 426 g/mol. The molecule has 0 unspecified atom stereocenters. The molecule has 0 saturated carbocycles. The molecule has 0 bridgehead atoms. The van der Waals surface area contributed by atoms with Crippen molar-refractivity contribution in [1.82, 2.24) is 4.90 Å². The molecule has 1 aliphatic rings. The second-order valence-electron chi connectivity index (χ2n) is 7.18. The van der Waals surface area contributed by atoms with Crippen LogP contribution in [0.15, 0.2) is 70.0 Å². The molecule has 0 fully saturated rings. The van der Waals surface area contributed by atoms with Crippen LogP contribution in [0.25, 0.3) is 0 Å².